The van der Waals surface area contributed by atoms with Gasteiger partial charge in [0.1, 0.15) is 11.6 Å². The van der Waals surface area contributed by atoms with E-state index in [-0.39, 0.29) is 31.6 Å². The Balaban J connectivity index is 1.49. The number of likely N-dealkylation sites (tertiary alicyclic amines) is 1. The van der Waals surface area contributed by atoms with E-state index in [0.29, 0.717) is 44.3 Å². The monoisotopic (exact) mass is 546 g/mol. The van der Waals surface area contributed by atoms with Gasteiger partial charge in [-0.15, -0.1) is 13.2 Å². The zero-order valence-electron chi connectivity index (χ0n) is 22.9. The van der Waals surface area contributed by atoms with Crippen LogP contribution in [0, 0.1) is 11.8 Å². The van der Waals surface area contributed by atoms with Crippen LogP contribution >= 0.6 is 0 Å². The Labute approximate surface area is 235 Å². The molecule has 1 spiro atoms. The Morgan fingerprint density at radius 3 is 2.67 bits per heavy atom. The van der Waals surface area contributed by atoms with Gasteiger partial charge in [-0.1, -0.05) is 42.5 Å². The lowest BCUT2D eigenvalue weighted by Crippen LogP contribution is -2.56. The molecule has 3 heterocycles. The summed E-state index contributed by atoms with van der Waals surface area (Å²) in [6.07, 6.45) is 6.52. The summed E-state index contributed by atoms with van der Waals surface area (Å²) in [4.78, 5) is 45.1. The molecule has 1 N–H and O–H groups in total. The van der Waals surface area contributed by atoms with Crippen LogP contribution in [0.3, 0.4) is 0 Å². The second kappa shape index (κ2) is 11.9. The van der Waals surface area contributed by atoms with Crippen molar-refractivity contribution in [3.63, 3.8) is 0 Å². The summed E-state index contributed by atoms with van der Waals surface area (Å²) in [6, 6.07) is 12.9. The van der Waals surface area contributed by atoms with Crippen LogP contribution in [0.5, 0.6) is 0 Å². The molecular formula is C32H38N2O6. The molecule has 5 rings (SSSR count). The first kappa shape index (κ1) is 28.1. The van der Waals surface area contributed by atoms with E-state index in [2.05, 4.69) is 13.2 Å². The average Bonchev–Trinajstić information content (AvgIpc) is 3.61. The number of ether oxygens (including phenoxy) is 2. The second-order valence-corrected chi connectivity index (χ2v) is 10.9. The van der Waals surface area contributed by atoms with Crippen LogP contribution < -0.4 is 4.90 Å². The third kappa shape index (κ3) is 4.84. The molecule has 2 aromatic rings. The average molecular weight is 547 g/mol. The maximum atomic E-state index is 14.5. The van der Waals surface area contributed by atoms with Gasteiger partial charge in [0.2, 0.25) is 5.91 Å². The van der Waals surface area contributed by atoms with E-state index in [9.17, 15) is 19.5 Å². The molecule has 2 bridgehead atoms. The third-order valence-corrected chi connectivity index (χ3v) is 8.53. The maximum absolute atomic E-state index is 14.5. The predicted molar refractivity (Wildman–Crippen MR) is 153 cm³/mol. The summed E-state index contributed by atoms with van der Waals surface area (Å²) >= 11 is 0. The Morgan fingerprint density at radius 1 is 1.12 bits per heavy atom. The van der Waals surface area contributed by atoms with Gasteiger partial charge in [0.05, 0.1) is 24.5 Å². The predicted octanol–water partition coefficient (Wildman–Crippen LogP) is 4.02. The molecule has 3 aliphatic rings. The quantitative estimate of drug-likeness (QED) is 0.232. The van der Waals surface area contributed by atoms with Crippen molar-refractivity contribution in [2.24, 2.45) is 11.8 Å². The van der Waals surface area contributed by atoms with Gasteiger partial charge < -0.3 is 24.4 Å². The number of aliphatic hydroxyl groups is 1. The lowest BCUT2D eigenvalue weighted by molar-refractivity contribution is -0.155. The summed E-state index contributed by atoms with van der Waals surface area (Å²) in [6.45, 7) is 8.37. The van der Waals surface area contributed by atoms with E-state index in [0.717, 1.165) is 17.2 Å². The Bertz CT molecular complexity index is 1290. The van der Waals surface area contributed by atoms with Gasteiger partial charge in [-0.05, 0) is 61.4 Å². The number of carbonyl (C=O) groups is 3. The van der Waals surface area contributed by atoms with Gasteiger partial charge >= 0.3 is 5.97 Å². The first-order valence-corrected chi connectivity index (χ1v) is 14.2. The molecule has 8 nitrogen and oxygen atoms in total. The number of fused-ring (bicyclic) bond motifs is 2. The summed E-state index contributed by atoms with van der Waals surface area (Å²) in [7, 11) is 0. The van der Waals surface area contributed by atoms with Crippen LogP contribution in [0.2, 0.25) is 0 Å². The molecule has 5 atom stereocenters. The molecule has 0 saturated carbocycles. The van der Waals surface area contributed by atoms with Crippen molar-refractivity contribution in [3.05, 3.63) is 67.8 Å². The van der Waals surface area contributed by atoms with Crippen molar-refractivity contribution >= 4 is 34.2 Å². The number of anilines is 1. The number of carbonyl (C=O) groups excluding carboxylic acids is 3. The van der Waals surface area contributed by atoms with Gasteiger partial charge in [-0.2, -0.15) is 0 Å². The molecule has 3 fully saturated rings. The molecule has 0 aliphatic carbocycles. The molecule has 3 aliphatic heterocycles. The fourth-order valence-corrected chi connectivity index (χ4v) is 6.78. The number of amides is 2. The lowest BCUT2D eigenvalue weighted by Gasteiger charge is -2.36. The van der Waals surface area contributed by atoms with Crippen molar-refractivity contribution in [2.45, 2.75) is 56.3 Å². The number of rotatable bonds is 13. The number of aliphatic hydroxyl groups excluding tert-OH is 1. The number of hydrogen-bond acceptors (Lipinski definition) is 6. The smallest absolute Gasteiger partial charge is 0.312 e. The van der Waals surface area contributed by atoms with Gasteiger partial charge in [-0.25, -0.2) is 0 Å². The highest BCUT2D eigenvalue weighted by atomic mass is 16.6. The molecule has 0 aromatic heterocycles. The summed E-state index contributed by atoms with van der Waals surface area (Å²) in [5, 5.41) is 11.5. The van der Waals surface area contributed by atoms with E-state index < -0.39 is 35.6 Å². The van der Waals surface area contributed by atoms with Crippen LogP contribution in [0.1, 0.15) is 38.5 Å². The molecular weight excluding hydrogens is 508 g/mol. The first-order valence-electron chi connectivity index (χ1n) is 14.2. The van der Waals surface area contributed by atoms with Gasteiger partial charge in [0.25, 0.3) is 5.91 Å². The second-order valence-electron chi connectivity index (χ2n) is 10.9. The largest absolute Gasteiger partial charge is 0.465 e. The first-order chi connectivity index (χ1) is 19.5. The van der Waals surface area contributed by atoms with Crippen molar-refractivity contribution in [1.29, 1.82) is 0 Å². The van der Waals surface area contributed by atoms with Gasteiger partial charge in [-0.3, -0.25) is 14.4 Å². The minimum atomic E-state index is -1.10. The number of unbranched alkanes of at least 4 members (excludes halogenated alkanes) is 2. The molecule has 212 valence electrons. The summed E-state index contributed by atoms with van der Waals surface area (Å²) in [5.41, 5.74) is -0.393. The number of allylic oxidation sites excluding steroid dienone is 1. The maximum Gasteiger partial charge on any atom is 0.312 e. The summed E-state index contributed by atoms with van der Waals surface area (Å²) in [5.74, 6) is -2.45. The van der Waals surface area contributed by atoms with E-state index >= 15 is 0 Å². The fraction of sp³-hybridized carbons (Fsp3) is 0.469. The molecule has 2 amide bonds. The van der Waals surface area contributed by atoms with Gasteiger partial charge in [0, 0.05) is 25.4 Å². The summed E-state index contributed by atoms with van der Waals surface area (Å²) < 4.78 is 12.1. The molecule has 40 heavy (non-hydrogen) atoms. The van der Waals surface area contributed by atoms with Crippen molar-refractivity contribution < 1.29 is 29.0 Å². The number of esters is 1. The van der Waals surface area contributed by atoms with E-state index in [1.54, 1.807) is 22.0 Å². The topological polar surface area (TPSA) is 96.4 Å². The van der Waals surface area contributed by atoms with E-state index in [1.165, 1.54) is 0 Å². The molecule has 2 unspecified atom stereocenters. The standard InChI is InChI=1S/C32H38N2O6/c1-3-5-10-20-39-31(38)26-25-15-16-32(40-25)27(26)29(36)34(18-8-9-19-35)28(32)30(37)33(17-4-2)24-14-13-22-11-6-7-12-23(22)21-24/h3-4,6-7,11-14,21,25-28,35H,1-2,5,8-10,15-20H2/t25-,26+,27-,28?,32?/m0/s1. The number of benzene rings is 2. The van der Waals surface area contributed by atoms with Crippen molar-refractivity contribution in [3.8, 4) is 0 Å². The SMILES string of the molecule is C=CCCCOC(=O)[C@@H]1[C@@H]2CCC3(O2)C(C(=O)N(CC=C)c2ccc4ccccc4c2)N(CCCCO)C(=O)[C@H]13. The zero-order valence-corrected chi connectivity index (χ0v) is 22.9. The van der Waals surface area contributed by atoms with Crippen molar-refractivity contribution in [2.75, 3.05) is 31.2 Å². The van der Waals surface area contributed by atoms with Crippen LogP contribution in [0.4, 0.5) is 5.69 Å². The van der Waals surface area contributed by atoms with Crippen LogP contribution in [-0.2, 0) is 23.9 Å². The highest BCUT2D eigenvalue weighted by molar-refractivity contribution is 6.05. The normalized spacial score (nSPS) is 26.6. The number of hydrogen-bond donors (Lipinski definition) is 1. The highest BCUT2D eigenvalue weighted by Gasteiger charge is 2.75. The molecule has 8 heteroatoms. The Morgan fingerprint density at radius 2 is 1.93 bits per heavy atom. The highest BCUT2D eigenvalue weighted by Crippen LogP contribution is 2.59. The van der Waals surface area contributed by atoms with Crippen molar-refractivity contribution in [1.82, 2.24) is 4.90 Å². The molecule has 3 saturated heterocycles. The Kier molecular flexibility index (Phi) is 8.38. The third-order valence-electron chi connectivity index (χ3n) is 8.53. The molecule has 2 aromatic carbocycles. The van der Waals surface area contributed by atoms with Crippen LogP contribution in [0.15, 0.2) is 67.8 Å². The zero-order chi connectivity index (χ0) is 28.3. The van der Waals surface area contributed by atoms with E-state index in [4.69, 9.17) is 9.47 Å². The molecule has 0 radical (unpaired) electrons. The Hall–Kier alpha value is -3.49. The van der Waals surface area contributed by atoms with Crippen LogP contribution in [-0.4, -0.2) is 71.8 Å². The number of nitrogens with zero attached hydrogens (tertiary/aromatic N) is 2. The van der Waals surface area contributed by atoms with Crippen LogP contribution in [0.25, 0.3) is 10.8 Å². The fourth-order valence-electron chi connectivity index (χ4n) is 6.78. The van der Waals surface area contributed by atoms with E-state index in [1.807, 2.05) is 42.5 Å². The minimum absolute atomic E-state index is 0.00682. The minimum Gasteiger partial charge on any atom is -0.465 e. The lowest BCUT2D eigenvalue weighted by atomic mass is 9.70. The van der Waals surface area contributed by atoms with Gasteiger partial charge in [0.15, 0.2) is 0 Å².